The molecule has 0 spiro atoms. The summed E-state index contributed by atoms with van der Waals surface area (Å²) in [4.78, 5) is 0. The summed E-state index contributed by atoms with van der Waals surface area (Å²) >= 11 is 0. The van der Waals surface area contributed by atoms with E-state index in [1.807, 2.05) is 0 Å². The van der Waals surface area contributed by atoms with Crippen LogP contribution in [0.3, 0.4) is 0 Å². The van der Waals surface area contributed by atoms with E-state index in [-0.39, 0.29) is 6.71 Å². The molecule has 2 nitrogen and oxygen atoms in total. The topological polar surface area (TPSA) is 14.2 Å². The normalized spacial score (nSPS) is 13.0. The van der Waals surface area contributed by atoms with Crippen LogP contribution >= 0.6 is 0 Å². The second kappa shape index (κ2) is 6.17. The smallest absolute Gasteiger partial charge is 0.256 e. The molecule has 1 aromatic heterocycles. The third-order valence-electron chi connectivity index (χ3n) is 7.27. The standard InChI is InChI=1S/C30H18BNO/c1-2-9-19(10-3-1)20-12-8-14-24-30(20)33-27-18-17-22-21-11-4-6-15-25(21)32-26-16-7-5-13-23(26)31(24)28(27)29(22)32/h1-18H. The van der Waals surface area contributed by atoms with Gasteiger partial charge in [0.05, 0.1) is 11.0 Å². The summed E-state index contributed by atoms with van der Waals surface area (Å²) in [6.45, 7) is 0.143. The van der Waals surface area contributed by atoms with E-state index in [4.69, 9.17) is 4.74 Å². The van der Waals surface area contributed by atoms with Crippen LogP contribution in [0.25, 0.3) is 38.6 Å². The Morgan fingerprint density at radius 1 is 0.606 bits per heavy atom. The van der Waals surface area contributed by atoms with E-state index < -0.39 is 0 Å². The first-order valence-corrected chi connectivity index (χ1v) is 11.4. The maximum absolute atomic E-state index is 6.73. The van der Waals surface area contributed by atoms with Crippen molar-refractivity contribution in [3.8, 4) is 28.3 Å². The van der Waals surface area contributed by atoms with Gasteiger partial charge in [-0.1, -0.05) is 84.9 Å². The van der Waals surface area contributed by atoms with Crippen LogP contribution in [0.1, 0.15) is 0 Å². The second-order valence-corrected chi connectivity index (χ2v) is 8.91. The lowest BCUT2D eigenvalue weighted by Gasteiger charge is -2.33. The fraction of sp³-hybridized carbons (Fsp3) is 0. The Labute approximate surface area is 191 Å². The van der Waals surface area contributed by atoms with Crippen LogP contribution in [-0.2, 0) is 0 Å². The van der Waals surface area contributed by atoms with Gasteiger partial charge in [-0.15, -0.1) is 0 Å². The molecule has 0 N–H and O–H groups in total. The third kappa shape index (κ3) is 2.14. The molecule has 5 aromatic carbocycles. The molecule has 2 aliphatic rings. The molecule has 152 valence electrons. The molecular weight excluding hydrogens is 401 g/mol. The van der Waals surface area contributed by atoms with E-state index in [1.165, 1.54) is 49.4 Å². The highest BCUT2D eigenvalue weighted by atomic mass is 16.5. The van der Waals surface area contributed by atoms with Crippen molar-refractivity contribution >= 4 is 44.9 Å². The molecule has 6 aromatic rings. The summed E-state index contributed by atoms with van der Waals surface area (Å²) < 4.78 is 9.16. The molecule has 2 aliphatic heterocycles. The predicted molar refractivity (Wildman–Crippen MR) is 137 cm³/mol. The summed E-state index contributed by atoms with van der Waals surface area (Å²) in [5.74, 6) is 1.93. The van der Waals surface area contributed by atoms with Crippen molar-refractivity contribution in [2.24, 2.45) is 0 Å². The van der Waals surface area contributed by atoms with E-state index in [0.29, 0.717) is 0 Å². The Kier molecular flexibility index (Phi) is 3.24. The molecule has 0 unspecified atom stereocenters. The highest BCUT2D eigenvalue weighted by Gasteiger charge is 2.40. The maximum Gasteiger partial charge on any atom is 0.256 e. The summed E-state index contributed by atoms with van der Waals surface area (Å²) in [5, 5.41) is 2.57. The predicted octanol–water partition coefficient (Wildman–Crippen LogP) is 5.39. The molecule has 33 heavy (non-hydrogen) atoms. The number of nitrogens with zero attached hydrogens (tertiary/aromatic N) is 1. The van der Waals surface area contributed by atoms with E-state index in [9.17, 15) is 0 Å². The summed E-state index contributed by atoms with van der Waals surface area (Å²) in [6.07, 6.45) is 0. The van der Waals surface area contributed by atoms with Crippen LogP contribution in [0.4, 0.5) is 0 Å². The van der Waals surface area contributed by atoms with Crippen LogP contribution in [0.2, 0.25) is 0 Å². The van der Waals surface area contributed by atoms with Gasteiger partial charge in [-0.2, -0.15) is 0 Å². The van der Waals surface area contributed by atoms with Crippen LogP contribution < -0.4 is 21.1 Å². The summed E-state index contributed by atoms with van der Waals surface area (Å²) in [7, 11) is 0. The minimum absolute atomic E-state index is 0.143. The fourth-order valence-corrected chi connectivity index (χ4v) is 5.95. The van der Waals surface area contributed by atoms with Gasteiger partial charge in [-0.05, 0) is 46.2 Å². The molecule has 0 atom stereocenters. The quantitative estimate of drug-likeness (QED) is 0.326. The summed E-state index contributed by atoms with van der Waals surface area (Å²) in [5.41, 5.74) is 9.94. The molecule has 0 aliphatic carbocycles. The number of hydrogen-bond donors (Lipinski definition) is 0. The first-order chi connectivity index (χ1) is 16.4. The SMILES string of the molecule is c1ccc(-c2cccc3c2Oc2ccc4c5ccccc5n5c4c2B3c2ccccc2-5)cc1. The van der Waals surface area contributed by atoms with Gasteiger partial charge >= 0.3 is 0 Å². The van der Waals surface area contributed by atoms with Crippen molar-refractivity contribution in [3.05, 3.63) is 109 Å². The van der Waals surface area contributed by atoms with Gasteiger partial charge in [0.2, 0.25) is 0 Å². The molecule has 0 saturated carbocycles. The molecule has 0 radical (unpaired) electrons. The number of hydrogen-bond acceptors (Lipinski definition) is 1. The number of benzene rings is 5. The monoisotopic (exact) mass is 419 g/mol. The Bertz CT molecular complexity index is 1750. The molecule has 0 saturated heterocycles. The maximum atomic E-state index is 6.73. The molecule has 3 heteroatoms. The van der Waals surface area contributed by atoms with Gasteiger partial charge in [-0.25, -0.2) is 0 Å². The Hall–Kier alpha value is -4.24. The molecular formula is C30H18BNO. The lowest BCUT2D eigenvalue weighted by molar-refractivity contribution is 0.489. The zero-order valence-electron chi connectivity index (χ0n) is 17.8. The number of aromatic nitrogens is 1. The lowest BCUT2D eigenvalue weighted by atomic mass is 9.34. The largest absolute Gasteiger partial charge is 0.458 e. The third-order valence-corrected chi connectivity index (χ3v) is 7.27. The van der Waals surface area contributed by atoms with Crippen molar-refractivity contribution in [1.29, 1.82) is 0 Å². The fourth-order valence-electron chi connectivity index (χ4n) is 5.95. The minimum Gasteiger partial charge on any atom is -0.458 e. The molecule has 0 fully saturated rings. The highest BCUT2D eigenvalue weighted by Crippen LogP contribution is 2.40. The van der Waals surface area contributed by atoms with Crippen LogP contribution in [-0.4, -0.2) is 11.3 Å². The Morgan fingerprint density at radius 2 is 1.39 bits per heavy atom. The Balaban J connectivity index is 1.53. The average molecular weight is 419 g/mol. The minimum atomic E-state index is 0.143. The zero-order chi connectivity index (χ0) is 21.5. The molecule has 3 heterocycles. The molecule has 0 bridgehead atoms. The average Bonchev–Trinajstić information content (AvgIpc) is 3.23. The number of ether oxygens (including phenoxy) is 1. The van der Waals surface area contributed by atoms with Crippen molar-refractivity contribution in [2.45, 2.75) is 0 Å². The van der Waals surface area contributed by atoms with Crippen molar-refractivity contribution in [1.82, 2.24) is 4.57 Å². The summed E-state index contributed by atoms with van der Waals surface area (Å²) in [6, 6.07) is 39.1. The van der Waals surface area contributed by atoms with Crippen molar-refractivity contribution in [2.75, 3.05) is 0 Å². The lowest BCUT2D eigenvalue weighted by Crippen LogP contribution is -2.58. The van der Waals surface area contributed by atoms with E-state index >= 15 is 0 Å². The first kappa shape index (κ1) is 17.3. The zero-order valence-corrected chi connectivity index (χ0v) is 17.8. The van der Waals surface area contributed by atoms with E-state index in [0.717, 1.165) is 17.1 Å². The first-order valence-electron chi connectivity index (χ1n) is 11.4. The van der Waals surface area contributed by atoms with Crippen molar-refractivity contribution < 1.29 is 4.74 Å². The molecule has 8 rings (SSSR count). The number of rotatable bonds is 1. The van der Waals surface area contributed by atoms with Gasteiger partial charge in [-0.3, -0.25) is 0 Å². The van der Waals surface area contributed by atoms with E-state index in [2.05, 4.69) is 114 Å². The highest BCUT2D eigenvalue weighted by molar-refractivity contribution is 6.99. The second-order valence-electron chi connectivity index (χ2n) is 8.91. The van der Waals surface area contributed by atoms with Gasteiger partial charge in [0.25, 0.3) is 6.71 Å². The van der Waals surface area contributed by atoms with Gasteiger partial charge in [0.15, 0.2) is 0 Å². The van der Waals surface area contributed by atoms with Crippen LogP contribution in [0, 0.1) is 0 Å². The molecule has 0 amide bonds. The van der Waals surface area contributed by atoms with Gasteiger partial charge in [0, 0.05) is 22.0 Å². The van der Waals surface area contributed by atoms with Gasteiger partial charge in [0.1, 0.15) is 11.5 Å². The van der Waals surface area contributed by atoms with Crippen LogP contribution in [0.15, 0.2) is 109 Å². The van der Waals surface area contributed by atoms with Crippen molar-refractivity contribution in [3.63, 3.8) is 0 Å². The van der Waals surface area contributed by atoms with Crippen LogP contribution in [0.5, 0.6) is 11.5 Å². The van der Waals surface area contributed by atoms with E-state index in [1.54, 1.807) is 0 Å². The van der Waals surface area contributed by atoms with Gasteiger partial charge < -0.3 is 9.30 Å². The number of para-hydroxylation sites is 3. The number of fused-ring (bicyclic) bond motifs is 8. The Morgan fingerprint density at radius 3 is 2.33 bits per heavy atom.